The highest BCUT2D eigenvalue weighted by Crippen LogP contribution is 2.29. The molecule has 22 heavy (non-hydrogen) atoms. The van der Waals surface area contributed by atoms with Crippen LogP contribution in [0.15, 0.2) is 26.7 Å². The Balaban J connectivity index is 2.68. The average Bonchev–Trinajstić information content (AvgIpc) is 2.54. The number of aryl methyl sites for hydroxylation is 1. The molecule has 0 fully saturated rings. The Kier molecular flexibility index (Phi) is 4.70. The van der Waals surface area contributed by atoms with Crippen LogP contribution in [-0.4, -0.2) is 32.4 Å². The molecule has 1 unspecified atom stereocenters. The Hall–Kier alpha value is -2.09. The Bertz CT molecular complexity index is 840. The van der Waals surface area contributed by atoms with Gasteiger partial charge in [0.25, 0.3) is 5.56 Å². The van der Waals surface area contributed by atoms with Crippen molar-refractivity contribution in [3.8, 4) is 0 Å². The Morgan fingerprint density at radius 2 is 2.05 bits per heavy atom. The number of aromatic nitrogens is 3. The van der Waals surface area contributed by atoms with E-state index in [0.29, 0.717) is 22.3 Å². The van der Waals surface area contributed by atoms with E-state index in [1.165, 1.54) is 36.7 Å². The summed E-state index contributed by atoms with van der Waals surface area (Å²) in [6.45, 7) is 1.87. The standard InChI is InChI=1S/C14H17N3O4S/c1-5-8(13(19)21-4)22-9-6-7-15-11-10(9)12(18)17(3)14(20)16(11)2/h6-8H,5H2,1-4H3. The first-order chi connectivity index (χ1) is 10.4. The third-order valence-corrected chi connectivity index (χ3v) is 4.81. The van der Waals surface area contributed by atoms with Crippen molar-refractivity contribution in [2.24, 2.45) is 14.1 Å². The van der Waals surface area contributed by atoms with Gasteiger partial charge in [-0.2, -0.15) is 0 Å². The third-order valence-electron chi connectivity index (χ3n) is 3.41. The molecule has 2 aromatic rings. The molecular formula is C14H17N3O4S. The van der Waals surface area contributed by atoms with Crippen molar-refractivity contribution < 1.29 is 9.53 Å². The lowest BCUT2D eigenvalue weighted by Crippen LogP contribution is -2.37. The molecule has 0 aliphatic rings. The van der Waals surface area contributed by atoms with E-state index in [4.69, 9.17) is 4.74 Å². The second kappa shape index (κ2) is 6.35. The van der Waals surface area contributed by atoms with E-state index in [2.05, 4.69) is 4.98 Å². The van der Waals surface area contributed by atoms with E-state index in [-0.39, 0.29) is 5.97 Å². The van der Waals surface area contributed by atoms with Crippen LogP contribution >= 0.6 is 11.8 Å². The van der Waals surface area contributed by atoms with Crippen LogP contribution < -0.4 is 11.2 Å². The van der Waals surface area contributed by atoms with Gasteiger partial charge >= 0.3 is 11.7 Å². The molecule has 0 radical (unpaired) electrons. The van der Waals surface area contributed by atoms with Gasteiger partial charge in [0.15, 0.2) is 0 Å². The molecule has 8 heteroatoms. The fourth-order valence-electron chi connectivity index (χ4n) is 2.14. The van der Waals surface area contributed by atoms with Gasteiger partial charge in [0, 0.05) is 25.2 Å². The van der Waals surface area contributed by atoms with Gasteiger partial charge in [-0.15, -0.1) is 11.8 Å². The van der Waals surface area contributed by atoms with E-state index in [1.807, 2.05) is 6.92 Å². The monoisotopic (exact) mass is 323 g/mol. The van der Waals surface area contributed by atoms with Crippen molar-refractivity contribution in [2.45, 2.75) is 23.5 Å². The van der Waals surface area contributed by atoms with Gasteiger partial charge in [0.1, 0.15) is 10.9 Å². The fourth-order valence-corrected chi connectivity index (χ4v) is 3.24. The maximum atomic E-state index is 12.4. The minimum absolute atomic E-state index is 0.304. The van der Waals surface area contributed by atoms with E-state index < -0.39 is 16.5 Å². The predicted molar refractivity (Wildman–Crippen MR) is 84.2 cm³/mol. The van der Waals surface area contributed by atoms with Crippen molar-refractivity contribution in [3.05, 3.63) is 33.1 Å². The summed E-state index contributed by atoms with van der Waals surface area (Å²) in [4.78, 5) is 40.9. The molecule has 0 aliphatic heterocycles. The van der Waals surface area contributed by atoms with Crippen LogP contribution in [0.1, 0.15) is 13.3 Å². The molecule has 0 N–H and O–H groups in total. The Morgan fingerprint density at radius 1 is 1.36 bits per heavy atom. The first kappa shape index (κ1) is 16.3. The zero-order valence-corrected chi connectivity index (χ0v) is 13.6. The average molecular weight is 323 g/mol. The Morgan fingerprint density at radius 3 is 2.64 bits per heavy atom. The number of thioether (sulfide) groups is 1. The number of nitrogens with zero attached hydrogens (tertiary/aromatic N) is 3. The fraction of sp³-hybridized carbons (Fsp3) is 0.429. The zero-order chi connectivity index (χ0) is 16.4. The lowest BCUT2D eigenvalue weighted by Gasteiger charge is -2.14. The molecule has 2 heterocycles. The summed E-state index contributed by atoms with van der Waals surface area (Å²) >= 11 is 1.25. The molecule has 0 saturated carbocycles. The van der Waals surface area contributed by atoms with Gasteiger partial charge in [-0.05, 0) is 12.5 Å². The number of ether oxygens (including phenoxy) is 1. The number of fused-ring (bicyclic) bond motifs is 1. The van der Waals surface area contributed by atoms with Gasteiger partial charge < -0.3 is 4.74 Å². The topological polar surface area (TPSA) is 83.2 Å². The SMILES string of the molecule is CCC(Sc1ccnc2c1c(=O)n(C)c(=O)n2C)C(=O)OC. The molecule has 0 amide bonds. The number of esters is 1. The molecule has 0 spiro atoms. The lowest BCUT2D eigenvalue weighted by molar-refractivity contribution is -0.140. The molecule has 118 valence electrons. The quantitative estimate of drug-likeness (QED) is 0.608. The van der Waals surface area contributed by atoms with Crippen LogP contribution in [0, 0.1) is 0 Å². The molecule has 0 saturated heterocycles. The maximum Gasteiger partial charge on any atom is 0.332 e. The molecule has 0 bridgehead atoms. The Labute approximate surface area is 130 Å². The number of pyridine rings is 1. The van der Waals surface area contributed by atoms with Crippen LogP contribution in [0.5, 0.6) is 0 Å². The van der Waals surface area contributed by atoms with Crippen LogP contribution in [-0.2, 0) is 23.6 Å². The van der Waals surface area contributed by atoms with Gasteiger partial charge in [-0.1, -0.05) is 6.92 Å². The van der Waals surface area contributed by atoms with Gasteiger partial charge in [-0.25, -0.2) is 9.78 Å². The lowest BCUT2D eigenvalue weighted by atomic mass is 10.3. The molecule has 0 aliphatic carbocycles. The number of rotatable bonds is 4. The largest absolute Gasteiger partial charge is 0.468 e. The third kappa shape index (κ3) is 2.66. The van der Waals surface area contributed by atoms with Crippen molar-refractivity contribution in [1.82, 2.24) is 14.1 Å². The van der Waals surface area contributed by atoms with Crippen molar-refractivity contribution in [2.75, 3.05) is 7.11 Å². The summed E-state index contributed by atoms with van der Waals surface area (Å²) in [7, 11) is 4.31. The molecule has 2 rings (SSSR count). The first-order valence-electron chi connectivity index (χ1n) is 6.71. The van der Waals surface area contributed by atoms with Crippen LogP contribution in [0.3, 0.4) is 0 Å². The van der Waals surface area contributed by atoms with Crippen molar-refractivity contribution in [3.63, 3.8) is 0 Å². The summed E-state index contributed by atoms with van der Waals surface area (Å²) < 4.78 is 7.12. The summed E-state index contributed by atoms with van der Waals surface area (Å²) in [5, 5.41) is -0.0861. The van der Waals surface area contributed by atoms with Crippen LogP contribution in [0.4, 0.5) is 0 Å². The van der Waals surface area contributed by atoms with Gasteiger partial charge in [0.2, 0.25) is 0 Å². The van der Waals surface area contributed by atoms with Crippen molar-refractivity contribution >= 4 is 28.8 Å². The van der Waals surface area contributed by atoms with E-state index >= 15 is 0 Å². The minimum Gasteiger partial charge on any atom is -0.468 e. The summed E-state index contributed by atoms with van der Waals surface area (Å²) in [6.07, 6.45) is 2.08. The van der Waals surface area contributed by atoms with Crippen LogP contribution in [0.2, 0.25) is 0 Å². The van der Waals surface area contributed by atoms with Gasteiger partial charge in [-0.3, -0.25) is 18.7 Å². The zero-order valence-electron chi connectivity index (χ0n) is 12.8. The number of carbonyl (C=O) groups is 1. The molecular weight excluding hydrogens is 306 g/mol. The van der Waals surface area contributed by atoms with Crippen molar-refractivity contribution in [1.29, 1.82) is 0 Å². The summed E-state index contributed by atoms with van der Waals surface area (Å²) in [5.41, 5.74) is -0.557. The maximum absolute atomic E-state index is 12.4. The van der Waals surface area contributed by atoms with Gasteiger partial charge in [0.05, 0.1) is 12.5 Å². The highest BCUT2D eigenvalue weighted by molar-refractivity contribution is 8.00. The second-order valence-corrected chi connectivity index (χ2v) is 6.00. The van der Waals surface area contributed by atoms with E-state index in [0.717, 1.165) is 4.57 Å². The summed E-state index contributed by atoms with van der Waals surface area (Å²) in [6, 6.07) is 1.67. The molecule has 7 nitrogen and oxygen atoms in total. The van der Waals surface area contributed by atoms with E-state index in [1.54, 1.807) is 13.1 Å². The molecule has 2 aromatic heterocycles. The number of methoxy groups -OCH3 is 1. The highest BCUT2D eigenvalue weighted by Gasteiger charge is 2.21. The second-order valence-electron chi connectivity index (χ2n) is 4.75. The van der Waals surface area contributed by atoms with E-state index in [9.17, 15) is 14.4 Å². The summed E-state index contributed by atoms with van der Waals surface area (Å²) in [5.74, 6) is -0.348. The normalized spacial score (nSPS) is 12.4. The number of hydrogen-bond acceptors (Lipinski definition) is 6. The first-order valence-corrected chi connectivity index (χ1v) is 7.59. The number of hydrogen-bond donors (Lipinski definition) is 0. The molecule has 1 atom stereocenters. The minimum atomic E-state index is -0.438. The van der Waals surface area contributed by atoms with Crippen LogP contribution in [0.25, 0.3) is 11.0 Å². The number of carbonyl (C=O) groups excluding carboxylic acids is 1. The molecule has 0 aromatic carbocycles. The highest BCUT2D eigenvalue weighted by atomic mass is 32.2. The predicted octanol–water partition coefficient (Wildman–Crippen LogP) is 0.676. The smallest absolute Gasteiger partial charge is 0.332 e.